The Balaban J connectivity index is 4.86. The molecule has 9 heteroatoms. The van der Waals surface area contributed by atoms with Crippen LogP contribution in [0, 0.1) is 0 Å². The van der Waals surface area contributed by atoms with Crippen LogP contribution in [0.1, 0.15) is 80.1 Å². The molecule has 0 aromatic heterocycles. The van der Waals surface area contributed by atoms with Crippen LogP contribution in [-0.2, 0) is 18.9 Å². The summed E-state index contributed by atoms with van der Waals surface area (Å²) in [6.07, 6.45) is 6.60. The molecular weight excluding hydrogens is 481 g/mol. The molecule has 0 aromatic carbocycles. The van der Waals surface area contributed by atoms with Gasteiger partial charge in [-0.05, 0) is 35.5 Å². The summed E-state index contributed by atoms with van der Waals surface area (Å²) in [7, 11) is 4.75. The minimum absolute atomic E-state index is 0.314. The Morgan fingerprint density at radius 2 is 0.839 bits per heavy atom. The van der Waals surface area contributed by atoms with Crippen molar-refractivity contribution in [3.63, 3.8) is 0 Å². The van der Waals surface area contributed by atoms with Crippen molar-refractivity contribution >= 4 is 50.5 Å². The molecule has 0 saturated carbocycles. The quantitative estimate of drug-likeness (QED) is 0.0653. The first kappa shape index (κ1) is 32.3. The van der Waals surface area contributed by atoms with Gasteiger partial charge in [-0.2, -0.15) is 0 Å². The number of rotatable bonds is 24. The largest absolute Gasteiger partial charge is 0.354 e. The van der Waals surface area contributed by atoms with Gasteiger partial charge in [-0.15, -0.1) is 0 Å². The first-order chi connectivity index (χ1) is 15.1. The molecule has 0 heterocycles. The predicted molar refractivity (Wildman–Crippen MR) is 150 cm³/mol. The molecule has 0 aliphatic carbocycles. The third-order valence-corrected chi connectivity index (χ3v) is 14.8. The molecule has 0 aliphatic heterocycles. The normalized spacial score (nSPS) is 13.4. The molecule has 0 spiro atoms. The Morgan fingerprint density at radius 1 is 0.516 bits per heavy atom. The van der Waals surface area contributed by atoms with Crippen molar-refractivity contribution < 1.29 is 18.9 Å². The van der Waals surface area contributed by atoms with Gasteiger partial charge in [0.25, 0.3) is 0 Å². The number of ether oxygens (including phenoxy) is 4. The van der Waals surface area contributed by atoms with E-state index in [1.54, 1.807) is 0 Å². The van der Waals surface area contributed by atoms with E-state index in [-0.39, 0.29) is 10.8 Å². The summed E-state index contributed by atoms with van der Waals surface area (Å²) >= 11 is 0. The molecule has 0 amide bonds. The highest BCUT2D eigenvalue weighted by Crippen LogP contribution is 2.40. The van der Waals surface area contributed by atoms with Crippen LogP contribution in [0.3, 0.4) is 0 Å². The first-order valence-electron chi connectivity index (χ1n) is 12.5. The lowest BCUT2D eigenvalue weighted by atomic mass is 10.5. The maximum Gasteiger partial charge on any atom is 0.154 e. The molecule has 0 radical (unpaired) electrons. The van der Waals surface area contributed by atoms with Crippen molar-refractivity contribution in [2.24, 2.45) is 0 Å². The Bertz CT molecular complexity index is 318. The number of hydrogen-bond acceptors (Lipinski definition) is 7. The summed E-state index contributed by atoms with van der Waals surface area (Å²) < 4.78 is 25.4. The summed E-state index contributed by atoms with van der Waals surface area (Å²) in [5, 5.41) is 0. The summed E-state index contributed by atoms with van der Waals surface area (Å²) in [4.78, 5) is 0. The van der Waals surface area contributed by atoms with Crippen molar-refractivity contribution in [2.45, 2.75) is 103 Å². The van der Waals surface area contributed by atoms with Gasteiger partial charge < -0.3 is 18.9 Å². The summed E-state index contributed by atoms with van der Waals surface area (Å²) in [6.45, 7) is 16.4. The molecule has 0 fully saturated rings. The zero-order valence-corrected chi connectivity index (χ0v) is 26.4. The van der Waals surface area contributed by atoms with Gasteiger partial charge in [0.1, 0.15) is 0 Å². The van der Waals surface area contributed by atoms with Gasteiger partial charge in [-0.3, -0.25) is 0 Å². The second kappa shape index (κ2) is 21.8. The van der Waals surface area contributed by atoms with Crippen molar-refractivity contribution in [1.29, 1.82) is 0 Å². The number of hydrogen-bond donors (Lipinski definition) is 0. The van der Waals surface area contributed by atoms with Crippen LogP contribution in [0.25, 0.3) is 0 Å². The van der Waals surface area contributed by atoms with Crippen LogP contribution >= 0.6 is 31.4 Å². The fourth-order valence-corrected chi connectivity index (χ4v) is 12.5. The van der Waals surface area contributed by atoms with Crippen LogP contribution in [0.15, 0.2) is 0 Å². The SMILES string of the molecule is CCCOC(CSSSCC(OCCC)(OCCC)[SiH2]CCC)(OCCC)[SiH2]CCC. The molecule has 0 atom stereocenters. The maximum atomic E-state index is 6.34. The van der Waals surface area contributed by atoms with Crippen LogP contribution in [0.2, 0.25) is 12.1 Å². The topological polar surface area (TPSA) is 36.9 Å². The Hall–Kier alpha value is 1.32. The lowest BCUT2D eigenvalue weighted by Crippen LogP contribution is -2.45. The molecule has 0 N–H and O–H groups in total. The average molecular weight is 531 g/mol. The second-order valence-corrected chi connectivity index (χ2v) is 16.8. The van der Waals surface area contributed by atoms with Crippen molar-refractivity contribution in [3.05, 3.63) is 0 Å². The molecule has 0 saturated heterocycles. The van der Waals surface area contributed by atoms with Crippen molar-refractivity contribution in [3.8, 4) is 0 Å². The van der Waals surface area contributed by atoms with Crippen LogP contribution in [0.5, 0.6) is 0 Å². The minimum Gasteiger partial charge on any atom is -0.354 e. The first-order valence-corrected chi connectivity index (χ1v) is 19.8. The Kier molecular flexibility index (Phi) is 22.8. The van der Waals surface area contributed by atoms with E-state index in [1.807, 2.05) is 31.4 Å². The smallest absolute Gasteiger partial charge is 0.154 e. The monoisotopic (exact) mass is 530 g/mol. The Morgan fingerprint density at radius 3 is 1.10 bits per heavy atom. The third kappa shape index (κ3) is 15.8. The molecule has 0 aliphatic rings. The standard InChI is InChI=1S/C22H50O4S3Si2/c1-7-13-23-21(24-14-8-2,30-17-11-5)19-27-29-28-20-22(25-15-9-3,26-16-10-4)31-18-12-6/h7-20,30-31H2,1-6H3. The zero-order chi connectivity index (χ0) is 23.3. The Labute approximate surface area is 209 Å². The van der Waals surface area contributed by atoms with E-state index >= 15 is 0 Å². The van der Waals surface area contributed by atoms with E-state index in [0.717, 1.165) is 63.6 Å². The highest BCUT2D eigenvalue weighted by molar-refractivity contribution is 9.09. The third-order valence-electron chi connectivity index (χ3n) is 4.75. The molecule has 0 rings (SSSR count). The van der Waals surface area contributed by atoms with E-state index < -0.39 is 19.0 Å². The zero-order valence-electron chi connectivity index (χ0n) is 21.2. The lowest BCUT2D eigenvalue weighted by Gasteiger charge is -2.34. The van der Waals surface area contributed by atoms with Gasteiger partial charge in [0.15, 0.2) is 10.8 Å². The van der Waals surface area contributed by atoms with Crippen LogP contribution in [-0.4, -0.2) is 67.8 Å². The average Bonchev–Trinajstić information content (AvgIpc) is 2.80. The molecular formula is C22H50O4S3Si2. The van der Waals surface area contributed by atoms with Crippen LogP contribution < -0.4 is 0 Å². The molecule has 0 aromatic rings. The molecule has 188 valence electrons. The molecule has 31 heavy (non-hydrogen) atoms. The van der Waals surface area contributed by atoms with Gasteiger partial charge in [0.05, 0.1) is 30.5 Å². The van der Waals surface area contributed by atoms with Gasteiger partial charge in [0, 0.05) is 26.4 Å². The fraction of sp³-hybridized carbons (Fsp3) is 1.00. The van der Waals surface area contributed by atoms with E-state index in [1.165, 1.54) is 24.9 Å². The minimum atomic E-state index is -0.448. The highest BCUT2D eigenvalue weighted by atomic mass is 33.5. The van der Waals surface area contributed by atoms with Crippen molar-refractivity contribution in [1.82, 2.24) is 0 Å². The van der Waals surface area contributed by atoms with Gasteiger partial charge in [-0.25, -0.2) is 0 Å². The summed E-state index contributed by atoms with van der Waals surface area (Å²) in [6, 6.07) is 2.54. The summed E-state index contributed by atoms with van der Waals surface area (Å²) in [5.41, 5.74) is -0.628. The van der Waals surface area contributed by atoms with E-state index in [4.69, 9.17) is 18.9 Å². The molecule has 0 unspecified atom stereocenters. The molecule has 4 nitrogen and oxygen atoms in total. The van der Waals surface area contributed by atoms with Gasteiger partial charge in [0.2, 0.25) is 0 Å². The summed E-state index contributed by atoms with van der Waals surface area (Å²) in [5.74, 6) is 1.84. The van der Waals surface area contributed by atoms with E-state index in [2.05, 4.69) is 41.5 Å². The maximum absolute atomic E-state index is 6.34. The lowest BCUT2D eigenvalue weighted by molar-refractivity contribution is -0.165. The van der Waals surface area contributed by atoms with E-state index in [0.29, 0.717) is 0 Å². The highest BCUT2D eigenvalue weighted by Gasteiger charge is 2.33. The van der Waals surface area contributed by atoms with Gasteiger partial charge in [-0.1, -0.05) is 88.1 Å². The predicted octanol–water partition coefficient (Wildman–Crippen LogP) is 6.02. The molecule has 0 bridgehead atoms. The van der Waals surface area contributed by atoms with E-state index in [9.17, 15) is 0 Å². The van der Waals surface area contributed by atoms with Gasteiger partial charge >= 0.3 is 0 Å². The fourth-order valence-electron chi connectivity index (χ4n) is 2.99. The second-order valence-electron chi connectivity index (χ2n) is 8.01. The van der Waals surface area contributed by atoms with Crippen LogP contribution in [0.4, 0.5) is 0 Å². The van der Waals surface area contributed by atoms with Crippen molar-refractivity contribution in [2.75, 3.05) is 37.9 Å².